The first-order chi connectivity index (χ1) is 12.2. The van der Waals surface area contributed by atoms with Crippen LogP contribution in [0.4, 0.5) is 14.5 Å². The fourth-order valence-corrected chi connectivity index (χ4v) is 2.58. The van der Waals surface area contributed by atoms with E-state index >= 15 is 0 Å². The molecule has 2 rings (SSSR count). The number of aromatic nitrogens is 1. The summed E-state index contributed by atoms with van der Waals surface area (Å²) in [6.45, 7) is 1.12. The first-order valence-electron chi connectivity index (χ1n) is 7.63. The molecule has 26 heavy (non-hydrogen) atoms. The lowest BCUT2D eigenvalue weighted by atomic mass is 10.1. The summed E-state index contributed by atoms with van der Waals surface area (Å²) in [5.74, 6) is 0.282. The van der Waals surface area contributed by atoms with Crippen molar-refractivity contribution in [3.63, 3.8) is 0 Å². The molecule has 1 heterocycles. The Balaban J connectivity index is 2.30. The minimum atomic E-state index is -3.11. The van der Waals surface area contributed by atoms with E-state index < -0.39 is 11.5 Å². The summed E-state index contributed by atoms with van der Waals surface area (Å²) in [6, 6.07) is 2.28. The van der Waals surface area contributed by atoms with Gasteiger partial charge in [0.25, 0.3) is 5.69 Å². The molecule has 0 aliphatic heterocycles. The number of halogens is 2. The number of hydrogen-bond donors (Lipinski definition) is 0. The average molecular weight is 371 g/mol. The first kappa shape index (κ1) is 19.6. The van der Waals surface area contributed by atoms with E-state index in [-0.39, 0.29) is 23.7 Å². The van der Waals surface area contributed by atoms with E-state index in [0.717, 1.165) is 17.3 Å². The van der Waals surface area contributed by atoms with Crippen molar-refractivity contribution in [1.82, 2.24) is 10.1 Å². The maximum absolute atomic E-state index is 12.5. The van der Waals surface area contributed by atoms with Crippen LogP contribution in [0.15, 0.2) is 16.7 Å². The standard InChI is InChI=1S/C16H19F2N3O5/c1-9-12(10(2)26-19-9)8-20(3)7-11-5-14(24-4)15(25-16(17)18)6-13(11)21(22)23/h5-6,16H,7-8H2,1-4H3. The molecule has 1 aromatic heterocycles. The molecule has 0 amide bonds. The van der Waals surface area contributed by atoms with Gasteiger partial charge in [-0.15, -0.1) is 0 Å². The van der Waals surface area contributed by atoms with Crippen LogP contribution in [-0.4, -0.2) is 35.7 Å². The summed E-state index contributed by atoms with van der Waals surface area (Å²) < 4.78 is 39.4. The molecule has 0 spiro atoms. The summed E-state index contributed by atoms with van der Waals surface area (Å²) >= 11 is 0. The second-order valence-electron chi connectivity index (χ2n) is 5.74. The minimum absolute atomic E-state index is 0.00311. The predicted octanol–water partition coefficient (Wildman–Crippen LogP) is 3.44. The van der Waals surface area contributed by atoms with Crippen LogP contribution in [0.2, 0.25) is 0 Å². The van der Waals surface area contributed by atoms with Crippen molar-refractivity contribution in [2.45, 2.75) is 33.5 Å². The Kier molecular flexibility index (Phi) is 6.09. The molecule has 0 radical (unpaired) electrons. The number of nitrogens with zero attached hydrogens (tertiary/aromatic N) is 3. The van der Waals surface area contributed by atoms with Crippen LogP contribution in [0, 0.1) is 24.0 Å². The van der Waals surface area contributed by atoms with Crippen molar-refractivity contribution in [2.75, 3.05) is 14.2 Å². The van der Waals surface area contributed by atoms with Crippen LogP contribution in [-0.2, 0) is 13.1 Å². The molecule has 0 unspecified atom stereocenters. The highest BCUT2D eigenvalue weighted by molar-refractivity contribution is 5.54. The van der Waals surface area contributed by atoms with Crippen molar-refractivity contribution in [3.8, 4) is 11.5 Å². The summed E-state index contributed by atoms with van der Waals surface area (Å²) in [4.78, 5) is 12.5. The molecule has 10 heteroatoms. The summed E-state index contributed by atoms with van der Waals surface area (Å²) in [5.41, 5.74) is 1.61. The monoisotopic (exact) mass is 371 g/mol. The fourth-order valence-electron chi connectivity index (χ4n) is 2.58. The molecule has 0 aliphatic carbocycles. The number of methoxy groups -OCH3 is 1. The van der Waals surface area contributed by atoms with Gasteiger partial charge < -0.3 is 14.0 Å². The normalized spacial score (nSPS) is 11.2. The minimum Gasteiger partial charge on any atom is -0.493 e. The zero-order valence-electron chi connectivity index (χ0n) is 14.8. The van der Waals surface area contributed by atoms with E-state index in [1.807, 2.05) is 11.8 Å². The maximum atomic E-state index is 12.5. The van der Waals surface area contributed by atoms with Gasteiger partial charge in [-0.25, -0.2) is 0 Å². The zero-order chi connectivity index (χ0) is 19.4. The van der Waals surface area contributed by atoms with E-state index in [9.17, 15) is 18.9 Å². The molecular formula is C16H19F2N3O5. The van der Waals surface area contributed by atoms with Crippen LogP contribution in [0.1, 0.15) is 22.6 Å². The van der Waals surface area contributed by atoms with Gasteiger partial charge in [0.05, 0.1) is 23.8 Å². The number of nitro benzene ring substituents is 1. The second-order valence-corrected chi connectivity index (χ2v) is 5.74. The molecule has 0 saturated heterocycles. The highest BCUT2D eigenvalue weighted by Gasteiger charge is 2.23. The lowest BCUT2D eigenvalue weighted by Gasteiger charge is -2.18. The number of aryl methyl sites for hydroxylation is 2. The molecule has 2 aromatic rings. The van der Waals surface area contributed by atoms with Gasteiger partial charge >= 0.3 is 6.61 Å². The van der Waals surface area contributed by atoms with Gasteiger partial charge in [0, 0.05) is 24.2 Å². The molecule has 8 nitrogen and oxygen atoms in total. The van der Waals surface area contributed by atoms with Crippen molar-refractivity contribution in [2.24, 2.45) is 0 Å². The number of ether oxygens (including phenoxy) is 2. The quantitative estimate of drug-likeness (QED) is 0.518. The Morgan fingerprint density at radius 2 is 2.00 bits per heavy atom. The molecule has 142 valence electrons. The smallest absolute Gasteiger partial charge is 0.387 e. The van der Waals surface area contributed by atoms with Gasteiger partial charge in [-0.05, 0) is 27.0 Å². The van der Waals surface area contributed by atoms with Gasteiger partial charge in [-0.1, -0.05) is 5.16 Å². The van der Waals surface area contributed by atoms with E-state index in [0.29, 0.717) is 17.9 Å². The van der Waals surface area contributed by atoms with Crippen molar-refractivity contribution < 1.29 is 27.7 Å². The lowest BCUT2D eigenvalue weighted by Crippen LogP contribution is -2.19. The molecule has 1 aromatic carbocycles. The Morgan fingerprint density at radius 3 is 2.50 bits per heavy atom. The van der Waals surface area contributed by atoms with Gasteiger partial charge in [-0.2, -0.15) is 8.78 Å². The van der Waals surface area contributed by atoms with Gasteiger partial charge in [0.1, 0.15) is 5.76 Å². The van der Waals surface area contributed by atoms with Crippen LogP contribution < -0.4 is 9.47 Å². The third-order valence-electron chi connectivity index (χ3n) is 3.83. The van der Waals surface area contributed by atoms with Gasteiger partial charge in [-0.3, -0.25) is 15.0 Å². The van der Waals surface area contributed by atoms with E-state index in [2.05, 4.69) is 9.89 Å². The largest absolute Gasteiger partial charge is 0.493 e. The zero-order valence-corrected chi connectivity index (χ0v) is 14.8. The summed E-state index contributed by atoms with van der Waals surface area (Å²) in [7, 11) is 3.04. The third kappa shape index (κ3) is 4.45. The third-order valence-corrected chi connectivity index (χ3v) is 3.83. The topological polar surface area (TPSA) is 90.9 Å². The molecule has 0 bridgehead atoms. The second kappa shape index (κ2) is 8.09. The molecule has 0 fully saturated rings. The Hall–Kier alpha value is -2.75. The SMILES string of the molecule is COc1cc(CN(C)Cc2c(C)noc2C)c([N+](=O)[O-])cc1OC(F)F. The van der Waals surface area contributed by atoms with Crippen LogP contribution >= 0.6 is 0 Å². The Labute approximate surface area is 148 Å². The number of benzene rings is 1. The maximum Gasteiger partial charge on any atom is 0.387 e. The van der Waals surface area contributed by atoms with Gasteiger partial charge in [0.2, 0.25) is 0 Å². The predicted molar refractivity (Wildman–Crippen MR) is 87.4 cm³/mol. The highest BCUT2D eigenvalue weighted by Crippen LogP contribution is 2.36. The van der Waals surface area contributed by atoms with E-state index in [1.54, 1.807) is 14.0 Å². The van der Waals surface area contributed by atoms with Crippen LogP contribution in [0.3, 0.4) is 0 Å². The Bertz CT molecular complexity index is 775. The number of rotatable bonds is 8. The molecular weight excluding hydrogens is 352 g/mol. The molecule has 0 N–H and O–H groups in total. The van der Waals surface area contributed by atoms with E-state index in [4.69, 9.17) is 9.26 Å². The van der Waals surface area contributed by atoms with Gasteiger partial charge in [0.15, 0.2) is 11.5 Å². The molecule has 0 aliphatic rings. The first-order valence-corrected chi connectivity index (χ1v) is 7.63. The lowest BCUT2D eigenvalue weighted by molar-refractivity contribution is -0.385. The number of hydrogen-bond acceptors (Lipinski definition) is 7. The van der Waals surface area contributed by atoms with Crippen molar-refractivity contribution in [1.29, 1.82) is 0 Å². The van der Waals surface area contributed by atoms with E-state index in [1.165, 1.54) is 13.2 Å². The average Bonchev–Trinajstić information content (AvgIpc) is 2.87. The molecule has 0 atom stereocenters. The van der Waals surface area contributed by atoms with Crippen LogP contribution in [0.25, 0.3) is 0 Å². The summed E-state index contributed by atoms with van der Waals surface area (Å²) in [6.07, 6.45) is 0. The molecule has 0 saturated carbocycles. The number of alkyl halides is 2. The van der Waals surface area contributed by atoms with Crippen molar-refractivity contribution >= 4 is 5.69 Å². The Morgan fingerprint density at radius 1 is 1.31 bits per heavy atom. The number of nitro groups is 1. The fraction of sp³-hybridized carbons (Fsp3) is 0.438. The van der Waals surface area contributed by atoms with Crippen LogP contribution in [0.5, 0.6) is 11.5 Å². The summed E-state index contributed by atoms with van der Waals surface area (Å²) in [5, 5.41) is 15.2. The highest BCUT2D eigenvalue weighted by atomic mass is 19.3. The van der Waals surface area contributed by atoms with Crippen molar-refractivity contribution in [3.05, 3.63) is 44.8 Å².